The van der Waals surface area contributed by atoms with Crippen LogP contribution in [-0.2, 0) is 9.84 Å². The third kappa shape index (κ3) is 9.65. The highest BCUT2D eigenvalue weighted by Crippen LogP contribution is 2.22. The van der Waals surface area contributed by atoms with Gasteiger partial charge in [0, 0.05) is 24.9 Å². The number of aliphatic imine (C=N–C) groups is 1. The van der Waals surface area contributed by atoms with Crippen LogP contribution < -0.4 is 10.6 Å². The second-order valence-corrected chi connectivity index (χ2v) is 9.52. The third-order valence-electron chi connectivity index (χ3n) is 3.83. The van der Waals surface area contributed by atoms with Crippen molar-refractivity contribution in [3.8, 4) is 0 Å². The monoisotopic (exact) mass is 501 g/mol. The highest BCUT2D eigenvalue weighted by atomic mass is 127. The zero-order valence-corrected chi connectivity index (χ0v) is 19.4. The Morgan fingerprint density at radius 2 is 1.92 bits per heavy atom. The van der Waals surface area contributed by atoms with Crippen molar-refractivity contribution in [1.29, 1.82) is 0 Å². The van der Waals surface area contributed by atoms with Crippen molar-refractivity contribution < 1.29 is 8.42 Å². The molecule has 8 heteroatoms. The molecule has 5 nitrogen and oxygen atoms in total. The van der Waals surface area contributed by atoms with Gasteiger partial charge < -0.3 is 10.6 Å². The van der Waals surface area contributed by atoms with Crippen molar-refractivity contribution in [3.63, 3.8) is 0 Å². The molecule has 1 aromatic carbocycles. The quantitative estimate of drug-likeness (QED) is 0.340. The van der Waals surface area contributed by atoms with Crippen molar-refractivity contribution in [2.75, 3.05) is 25.6 Å². The molecule has 0 aliphatic heterocycles. The summed E-state index contributed by atoms with van der Waals surface area (Å²) in [4.78, 5) is 4.23. The average Bonchev–Trinajstić information content (AvgIpc) is 2.49. The molecule has 0 aliphatic rings. The van der Waals surface area contributed by atoms with Gasteiger partial charge in [0.2, 0.25) is 0 Å². The Labute approximate surface area is 174 Å². The SMILES string of the molecule is CN=C(NCC(C)(C)CCS(C)(=O)=O)NC(C)c1ccccc1Cl.I. The first-order chi connectivity index (χ1) is 11.0. The number of rotatable bonds is 7. The lowest BCUT2D eigenvalue weighted by Crippen LogP contribution is -2.43. The molecular formula is C17H29ClIN3O2S. The largest absolute Gasteiger partial charge is 0.356 e. The molecule has 0 aromatic heterocycles. The summed E-state index contributed by atoms with van der Waals surface area (Å²) >= 11 is 6.22. The van der Waals surface area contributed by atoms with Gasteiger partial charge in [-0.1, -0.05) is 43.6 Å². The summed E-state index contributed by atoms with van der Waals surface area (Å²) in [5, 5.41) is 7.28. The van der Waals surface area contributed by atoms with Gasteiger partial charge in [0.1, 0.15) is 9.84 Å². The van der Waals surface area contributed by atoms with Gasteiger partial charge >= 0.3 is 0 Å². The first-order valence-corrected chi connectivity index (χ1v) is 10.4. The van der Waals surface area contributed by atoms with E-state index in [-0.39, 0.29) is 41.2 Å². The van der Waals surface area contributed by atoms with Crippen LogP contribution in [0.15, 0.2) is 29.3 Å². The fraction of sp³-hybridized carbons (Fsp3) is 0.588. The van der Waals surface area contributed by atoms with E-state index in [0.29, 0.717) is 23.9 Å². The summed E-state index contributed by atoms with van der Waals surface area (Å²) in [6.45, 7) is 6.71. The number of nitrogens with one attached hydrogen (secondary N) is 2. The van der Waals surface area contributed by atoms with E-state index in [0.717, 1.165) is 5.56 Å². The summed E-state index contributed by atoms with van der Waals surface area (Å²) < 4.78 is 22.7. The molecule has 0 fully saturated rings. The highest BCUT2D eigenvalue weighted by Gasteiger charge is 2.21. The summed E-state index contributed by atoms with van der Waals surface area (Å²) in [5.74, 6) is 0.846. The molecule has 144 valence electrons. The van der Waals surface area contributed by atoms with Crippen LogP contribution >= 0.6 is 35.6 Å². The predicted octanol–water partition coefficient (Wildman–Crippen LogP) is 3.64. The minimum absolute atomic E-state index is 0. The maximum atomic E-state index is 11.3. The van der Waals surface area contributed by atoms with Crippen molar-refractivity contribution in [2.24, 2.45) is 10.4 Å². The number of hydrogen-bond acceptors (Lipinski definition) is 3. The van der Waals surface area contributed by atoms with E-state index < -0.39 is 9.84 Å². The van der Waals surface area contributed by atoms with Crippen LogP contribution in [0.5, 0.6) is 0 Å². The molecule has 25 heavy (non-hydrogen) atoms. The molecule has 0 bridgehead atoms. The van der Waals surface area contributed by atoms with Gasteiger partial charge in [-0.25, -0.2) is 8.42 Å². The van der Waals surface area contributed by atoms with Crippen LogP contribution in [0.4, 0.5) is 0 Å². The Kier molecular flexibility index (Phi) is 10.3. The topological polar surface area (TPSA) is 70.6 Å². The van der Waals surface area contributed by atoms with Gasteiger partial charge in [0.15, 0.2) is 5.96 Å². The lowest BCUT2D eigenvalue weighted by Gasteiger charge is -2.27. The maximum absolute atomic E-state index is 11.3. The van der Waals surface area contributed by atoms with Crippen LogP contribution in [0, 0.1) is 5.41 Å². The van der Waals surface area contributed by atoms with Crippen LogP contribution in [0.1, 0.15) is 38.8 Å². The molecule has 1 rings (SSSR count). The fourth-order valence-electron chi connectivity index (χ4n) is 2.18. The molecule has 2 N–H and O–H groups in total. The standard InChI is InChI=1S/C17H28ClN3O2S.HI/c1-13(14-8-6-7-9-15(14)18)21-16(19-4)20-12-17(2,3)10-11-24(5,22)23;/h6-9,13H,10-12H2,1-5H3,(H2,19,20,21);1H. The van der Waals surface area contributed by atoms with Gasteiger partial charge in [-0.2, -0.15) is 0 Å². The Balaban J connectivity index is 0.00000576. The first kappa shape index (κ1) is 24.5. The summed E-state index contributed by atoms with van der Waals surface area (Å²) in [5.41, 5.74) is 0.840. The van der Waals surface area contributed by atoms with E-state index in [1.807, 2.05) is 45.0 Å². The molecule has 1 atom stereocenters. The van der Waals surface area contributed by atoms with Crippen LogP contribution in [0.25, 0.3) is 0 Å². The molecular weight excluding hydrogens is 473 g/mol. The predicted molar refractivity (Wildman–Crippen MR) is 118 cm³/mol. The van der Waals surface area contributed by atoms with E-state index in [1.165, 1.54) is 6.26 Å². The molecule has 1 aromatic rings. The lowest BCUT2D eigenvalue weighted by atomic mass is 9.90. The second-order valence-electron chi connectivity index (χ2n) is 6.86. The van der Waals surface area contributed by atoms with E-state index in [2.05, 4.69) is 15.6 Å². The minimum atomic E-state index is -2.95. The first-order valence-electron chi connectivity index (χ1n) is 7.93. The molecule has 1 unspecified atom stereocenters. The van der Waals surface area contributed by atoms with E-state index in [4.69, 9.17) is 11.6 Å². The summed E-state index contributed by atoms with van der Waals surface area (Å²) in [6.07, 6.45) is 1.86. The number of sulfone groups is 1. The molecule has 0 spiro atoms. The van der Waals surface area contributed by atoms with E-state index >= 15 is 0 Å². The lowest BCUT2D eigenvalue weighted by molar-refractivity contribution is 0.348. The van der Waals surface area contributed by atoms with E-state index in [1.54, 1.807) is 7.05 Å². The van der Waals surface area contributed by atoms with Crippen molar-refractivity contribution in [3.05, 3.63) is 34.9 Å². The number of hydrogen-bond donors (Lipinski definition) is 2. The molecule has 0 radical (unpaired) electrons. The average molecular weight is 502 g/mol. The van der Waals surface area contributed by atoms with Gasteiger partial charge in [0.05, 0.1) is 11.8 Å². The number of benzene rings is 1. The second kappa shape index (κ2) is 10.6. The number of halogens is 2. The normalized spacial score (nSPS) is 13.8. The fourth-order valence-corrected chi connectivity index (χ4v) is 3.40. The van der Waals surface area contributed by atoms with Gasteiger partial charge in [-0.05, 0) is 30.4 Å². The molecule has 0 heterocycles. The van der Waals surface area contributed by atoms with Gasteiger partial charge in [0.25, 0.3) is 0 Å². The number of guanidine groups is 1. The Hall–Kier alpha value is -0.540. The zero-order chi connectivity index (χ0) is 18.4. The van der Waals surface area contributed by atoms with Gasteiger partial charge in [-0.3, -0.25) is 4.99 Å². The van der Waals surface area contributed by atoms with Crippen LogP contribution in [-0.4, -0.2) is 40.0 Å². The molecule has 0 saturated carbocycles. The highest BCUT2D eigenvalue weighted by molar-refractivity contribution is 14.0. The smallest absolute Gasteiger partial charge is 0.191 e. The molecule has 0 amide bonds. The Morgan fingerprint density at radius 1 is 1.32 bits per heavy atom. The molecule has 0 saturated heterocycles. The Bertz CT molecular complexity index is 678. The van der Waals surface area contributed by atoms with Gasteiger partial charge in [-0.15, -0.1) is 24.0 Å². The Morgan fingerprint density at radius 3 is 2.44 bits per heavy atom. The third-order valence-corrected chi connectivity index (χ3v) is 5.12. The van der Waals surface area contributed by atoms with Crippen LogP contribution in [0.2, 0.25) is 5.02 Å². The van der Waals surface area contributed by atoms with Crippen LogP contribution in [0.3, 0.4) is 0 Å². The number of nitrogens with zero attached hydrogens (tertiary/aromatic N) is 1. The zero-order valence-electron chi connectivity index (χ0n) is 15.5. The molecule has 0 aliphatic carbocycles. The van der Waals surface area contributed by atoms with E-state index in [9.17, 15) is 8.42 Å². The summed E-state index contributed by atoms with van der Waals surface area (Å²) in [7, 11) is -1.24. The van der Waals surface area contributed by atoms with Crippen molar-refractivity contribution in [2.45, 2.75) is 33.2 Å². The summed E-state index contributed by atoms with van der Waals surface area (Å²) in [6, 6.07) is 7.69. The van der Waals surface area contributed by atoms with Crippen molar-refractivity contribution >= 4 is 51.4 Å². The van der Waals surface area contributed by atoms with Crippen molar-refractivity contribution in [1.82, 2.24) is 10.6 Å². The minimum Gasteiger partial charge on any atom is -0.356 e. The maximum Gasteiger partial charge on any atom is 0.191 e.